The molecule has 0 saturated carbocycles. The summed E-state index contributed by atoms with van der Waals surface area (Å²) in [7, 11) is 0. The monoisotopic (exact) mass is 370 g/mol. The normalized spacial score (nSPS) is 13.1. The highest BCUT2D eigenvalue weighted by atomic mass is 16.3. The summed E-state index contributed by atoms with van der Waals surface area (Å²) in [4.78, 5) is 0. The van der Waals surface area contributed by atoms with E-state index in [-0.39, 0.29) is 5.41 Å². The first-order valence-electron chi connectivity index (χ1n) is 10.0. The summed E-state index contributed by atoms with van der Waals surface area (Å²) in [5.74, 6) is 0.415. The Kier molecular flexibility index (Phi) is 5.74. The number of hydrogen-bond donors (Lipinski definition) is 1. The maximum absolute atomic E-state index is 10.5. The molecule has 1 nitrogen and oxygen atoms in total. The zero-order valence-corrected chi connectivity index (χ0v) is 17.4. The predicted octanol–water partition coefficient (Wildman–Crippen LogP) is 6.65. The smallest absolute Gasteiger partial charge is 0.121 e. The van der Waals surface area contributed by atoms with Crippen molar-refractivity contribution in [2.75, 3.05) is 0 Å². The Labute approximate surface area is 169 Å². The van der Waals surface area contributed by atoms with Crippen LogP contribution in [0.15, 0.2) is 73.3 Å². The molecule has 1 heteroatoms. The van der Waals surface area contributed by atoms with Gasteiger partial charge in [-0.05, 0) is 67.0 Å². The molecule has 3 aromatic rings. The van der Waals surface area contributed by atoms with Crippen LogP contribution in [0, 0.1) is 13.8 Å². The first-order chi connectivity index (χ1) is 13.4. The van der Waals surface area contributed by atoms with Crippen LogP contribution in [-0.4, -0.2) is 5.11 Å². The van der Waals surface area contributed by atoms with E-state index in [1.54, 1.807) is 0 Å². The summed E-state index contributed by atoms with van der Waals surface area (Å²) < 4.78 is 0. The van der Waals surface area contributed by atoms with Crippen molar-refractivity contribution in [3.05, 3.63) is 112 Å². The summed E-state index contributed by atoms with van der Waals surface area (Å²) in [6.45, 7) is 12.4. The molecule has 0 saturated heterocycles. The van der Waals surface area contributed by atoms with Gasteiger partial charge in [-0.2, -0.15) is 0 Å². The molecule has 0 amide bonds. The molecule has 0 radical (unpaired) electrons. The zero-order valence-electron chi connectivity index (χ0n) is 17.4. The fraction of sp³-hybridized carbons (Fsp3) is 0.259. The molecule has 0 heterocycles. The van der Waals surface area contributed by atoms with Gasteiger partial charge in [-0.3, -0.25) is 0 Å². The van der Waals surface area contributed by atoms with Crippen molar-refractivity contribution < 1.29 is 5.11 Å². The van der Waals surface area contributed by atoms with Gasteiger partial charge in [0.15, 0.2) is 0 Å². The molecule has 0 aliphatic carbocycles. The molecule has 144 valence electrons. The number of hydrogen-bond acceptors (Lipinski definition) is 1. The summed E-state index contributed by atoms with van der Waals surface area (Å²) in [5.41, 5.74) is 7.86. The molecule has 28 heavy (non-hydrogen) atoms. The van der Waals surface area contributed by atoms with Gasteiger partial charge in [0.05, 0.1) is 0 Å². The highest BCUT2D eigenvalue weighted by Gasteiger charge is 2.32. The molecule has 3 aromatic carbocycles. The van der Waals surface area contributed by atoms with Crippen LogP contribution in [0.3, 0.4) is 0 Å². The Morgan fingerprint density at radius 3 is 2.25 bits per heavy atom. The van der Waals surface area contributed by atoms with Crippen LogP contribution in [0.4, 0.5) is 0 Å². The third-order valence-corrected chi connectivity index (χ3v) is 5.78. The number of allylic oxidation sites excluding steroid dienone is 1. The number of rotatable bonds is 6. The predicted molar refractivity (Wildman–Crippen MR) is 119 cm³/mol. The molecular formula is C27H30O. The quantitative estimate of drug-likeness (QED) is 0.380. The topological polar surface area (TPSA) is 20.2 Å². The van der Waals surface area contributed by atoms with E-state index in [0.29, 0.717) is 5.75 Å². The molecule has 0 aliphatic rings. The molecule has 0 spiro atoms. The molecule has 3 rings (SSSR count). The van der Waals surface area contributed by atoms with Crippen molar-refractivity contribution in [1.82, 2.24) is 0 Å². The number of phenols is 1. The molecule has 0 fully saturated rings. The lowest BCUT2D eigenvalue weighted by Gasteiger charge is -2.33. The molecule has 0 aromatic heterocycles. The van der Waals surface area contributed by atoms with Crippen LogP contribution in [0.25, 0.3) is 0 Å². The first kappa shape index (κ1) is 19.9. The minimum absolute atomic E-state index is 0.314. The second kappa shape index (κ2) is 8.06. The Balaban J connectivity index is 2.33. The van der Waals surface area contributed by atoms with E-state index in [1.165, 1.54) is 27.8 Å². The molecule has 0 aliphatic heterocycles. The van der Waals surface area contributed by atoms with E-state index < -0.39 is 0 Å². The summed E-state index contributed by atoms with van der Waals surface area (Å²) in [5, 5.41) is 10.5. The second-order valence-corrected chi connectivity index (χ2v) is 7.85. The van der Waals surface area contributed by atoms with E-state index in [2.05, 4.69) is 88.0 Å². The van der Waals surface area contributed by atoms with Crippen molar-refractivity contribution in [3.63, 3.8) is 0 Å². The SMILES string of the molecule is C=CCc1cc(C)cc(C(C)(c2ccccc2)c2cc(C)c(O)c(CC)c2)c1. The van der Waals surface area contributed by atoms with Crippen LogP contribution in [-0.2, 0) is 18.3 Å². The van der Waals surface area contributed by atoms with Crippen molar-refractivity contribution >= 4 is 0 Å². The van der Waals surface area contributed by atoms with Gasteiger partial charge in [0.25, 0.3) is 0 Å². The van der Waals surface area contributed by atoms with Gasteiger partial charge < -0.3 is 5.11 Å². The molecular weight excluding hydrogens is 340 g/mol. The van der Waals surface area contributed by atoms with Gasteiger partial charge in [0.1, 0.15) is 5.75 Å². The van der Waals surface area contributed by atoms with Crippen LogP contribution in [0.5, 0.6) is 5.75 Å². The van der Waals surface area contributed by atoms with Gasteiger partial charge >= 0.3 is 0 Å². The minimum Gasteiger partial charge on any atom is -0.507 e. The standard InChI is InChI=1S/C27H30O/c1-6-11-21-14-19(3)15-24(17-21)27(5,23-12-9-8-10-13-23)25-16-20(4)26(28)22(7-2)18-25/h6,8-10,12-18,28H,1,7,11H2,2-5H3. The fourth-order valence-electron chi connectivity index (χ4n) is 4.12. The Bertz CT molecular complexity index is 985. The molecule has 1 unspecified atom stereocenters. The van der Waals surface area contributed by atoms with Gasteiger partial charge in [-0.1, -0.05) is 79.2 Å². The summed E-state index contributed by atoms with van der Waals surface area (Å²) in [6, 6.07) is 21.8. The lowest BCUT2D eigenvalue weighted by atomic mass is 9.69. The largest absolute Gasteiger partial charge is 0.507 e. The highest BCUT2D eigenvalue weighted by Crippen LogP contribution is 2.42. The van der Waals surface area contributed by atoms with E-state index in [1.807, 2.05) is 13.0 Å². The molecule has 1 N–H and O–H groups in total. The average Bonchev–Trinajstić information content (AvgIpc) is 2.69. The number of phenolic OH excluding ortho intramolecular Hbond substituents is 1. The number of aromatic hydroxyl groups is 1. The Hall–Kier alpha value is -2.80. The Morgan fingerprint density at radius 2 is 1.61 bits per heavy atom. The van der Waals surface area contributed by atoms with E-state index in [9.17, 15) is 5.11 Å². The lowest BCUT2D eigenvalue weighted by molar-refractivity contribution is 0.463. The van der Waals surface area contributed by atoms with Crippen LogP contribution >= 0.6 is 0 Å². The summed E-state index contributed by atoms with van der Waals surface area (Å²) in [6.07, 6.45) is 3.62. The Morgan fingerprint density at radius 1 is 0.929 bits per heavy atom. The number of aryl methyl sites for hydroxylation is 3. The van der Waals surface area contributed by atoms with E-state index in [4.69, 9.17) is 0 Å². The number of benzene rings is 3. The van der Waals surface area contributed by atoms with E-state index in [0.717, 1.165) is 24.0 Å². The van der Waals surface area contributed by atoms with Crippen LogP contribution < -0.4 is 0 Å². The first-order valence-corrected chi connectivity index (χ1v) is 10.0. The minimum atomic E-state index is -0.314. The van der Waals surface area contributed by atoms with Crippen LogP contribution in [0.2, 0.25) is 0 Å². The van der Waals surface area contributed by atoms with Crippen molar-refractivity contribution in [2.24, 2.45) is 0 Å². The fourth-order valence-corrected chi connectivity index (χ4v) is 4.12. The van der Waals surface area contributed by atoms with Gasteiger partial charge in [0.2, 0.25) is 0 Å². The average molecular weight is 371 g/mol. The third kappa shape index (κ3) is 3.62. The second-order valence-electron chi connectivity index (χ2n) is 7.85. The summed E-state index contributed by atoms with van der Waals surface area (Å²) >= 11 is 0. The van der Waals surface area contributed by atoms with Gasteiger partial charge in [0, 0.05) is 5.41 Å². The lowest BCUT2D eigenvalue weighted by Crippen LogP contribution is -2.26. The van der Waals surface area contributed by atoms with Gasteiger partial charge in [-0.25, -0.2) is 0 Å². The van der Waals surface area contributed by atoms with E-state index >= 15 is 0 Å². The van der Waals surface area contributed by atoms with Crippen molar-refractivity contribution in [2.45, 2.75) is 46.0 Å². The van der Waals surface area contributed by atoms with Crippen molar-refractivity contribution in [1.29, 1.82) is 0 Å². The van der Waals surface area contributed by atoms with Gasteiger partial charge in [-0.15, -0.1) is 6.58 Å². The van der Waals surface area contributed by atoms with Crippen molar-refractivity contribution in [3.8, 4) is 5.75 Å². The third-order valence-electron chi connectivity index (χ3n) is 5.78. The maximum atomic E-state index is 10.5. The highest BCUT2D eigenvalue weighted by molar-refractivity contribution is 5.55. The zero-order chi connectivity index (χ0) is 20.3. The maximum Gasteiger partial charge on any atom is 0.121 e. The van der Waals surface area contributed by atoms with Crippen LogP contribution in [0.1, 0.15) is 52.8 Å². The molecule has 1 atom stereocenters. The molecule has 0 bridgehead atoms.